The molecule has 1 atom stereocenters. The van der Waals surface area contributed by atoms with Gasteiger partial charge in [0.05, 0.1) is 12.3 Å². The van der Waals surface area contributed by atoms with E-state index in [0.717, 1.165) is 5.56 Å². The lowest BCUT2D eigenvalue weighted by Crippen LogP contribution is -2.36. The third-order valence-electron chi connectivity index (χ3n) is 2.83. The topological polar surface area (TPSA) is 64.6 Å². The highest BCUT2D eigenvalue weighted by molar-refractivity contribution is 7.89. The predicted octanol–water partition coefficient (Wildman–Crippen LogP) is 1.33. The Morgan fingerprint density at radius 3 is 2.26 bits per heavy atom. The average Bonchev–Trinajstić information content (AvgIpc) is 2.40. The van der Waals surface area contributed by atoms with Crippen LogP contribution in [0.1, 0.15) is 18.4 Å². The van der Waals surface area contributed by atoms with Crippen LogP contribution in [0.25, 0.3) is 0 Å². The molecule has 0 amide bonds. The highest BCUT2D eigenvalue weighted by Crippen LogP contribution is 2.16. The van der Waals surface area contributed by atoms with Gasteiger partial charge < -0.3 is 9.47 Å². The van der Waals surface area contributed by atoms with E-state index < -0.39 is 16.3 Å². The maximum absolute atomic E-state index is 11.9. The maximum Gasteiger partial charge on any atom is 0.212 e. The number of hydrogen-bond acceptors (Lipinski definition) is 4. The standard InChI is InChI=1S/C13H21NO4S/c1-11(12-7-5-4-6-8-12)10-19(15,16)14-9-13(17-2)18-3/h4-8,11,13-14H,9-10H2,1-3H3. The quantitative estimate of drug-likeness (QED) is 0.733. The van der Waals surface area contributed by atoms with E-state index in [4.69, 9.17) is 9.47 Å². The van der Waals surface area contributed by atoms with Gasteiger partial charge in [0.1, 0.15) is 0 Å². The Labute approximate surface area is 115 Å². The molecule has 6 heteroatoms. The molecule has 0 aliphatic rings. The fraction of sp³-hybridized carbons (Fsp3) is 0.538. The zero-order valence-corrected chi connectivity index (χ0v) is 12.3. The van der Waals surface area contributed by atoms with Crippen LogP contribution in [0.3, 0.4) is 0 Å². The Balaban J connectivity index is 2.55. The zero-order valence-electron chi connectivity index (χ0n) is 11.5. The van der Waals surface area contributed by atoms with E-state index in [1.165, 1.54) is 14.2 Å². The first-order valence-electron chi connectivity index (χ1n) is 6.06. The third kappa shape index (κ3) is 5.69. The lowest BCUT2D eigenvalue weighted by Gasteiger charge is -2.16. The molecule has 0 spiro atoms. The molecule has 1 rings (SSSR count). The molecule has 1 unspecified atom stereocenters. The van der Waals surface area contributed by atoms with E-state index >= 15 is 0 Å². The average molecular weight is 287 g/mol. The van der Waals surface area contributed by atoms with Crippen LogP contribution in [0.4, 0.5) is 0 Å². The summed E-state index contributed by atoms with van der Waals surface area (Å²) in [7, 11) is -0.420. The minimum atomic E-state index is -3.35. The number of sulfonamides is 1. The van der Waals surface area contributed by atoms with Crippen molar-refractivity contribution in [2.45, 2.75) is 19.1 Å². The molecule has 108 valence electrons. The van der Waals surface area contributed by atoms with Gasteiger partial charge in [0.15, 0.2) is 6.29 Å². The smallest absolute Gasteiger partial charge is 0.212 e. The second-order valence-corrected chi connectivity index (χ2v) is 6.19. The van der Waals surface area contributed by atoms with Gasteiger partial charge in [0, 0.05) is 14.2 Å². The number of benzene rings is 1. The first-order valence-corrected chi connectivity index (χ1v) is 7.71. The Morgan fingerprint density at radius 1 is 1.16 bits per heavy atom. The Bertz CT molecular complexity index is 457. The summed E-state index contributed by atoms with van der Waals surface area (Å²) in [5, 5.41) is 0. The van der Waals surface area contributed by atoms with Crippen molar-refractivity contribution in [3.63, 3.8) is 0 Å². The van der Waals surface area contributed by atoms with Crippen molar-refractivity contribution in [3.8, 4) is 0 Å². The van der Waals surface area contributed by atoms with Crippen LogP contribution in [-0.2, 0) is 19.5 Å². The Hall–Kier alpha value is -0.950. The molecule has 5 nitrogen and oxygen atoms in total. The van der Waals surface area contributed by atoms with E-state index in [9.17, 15) is 8.42 Å². The first kappa shape index (κ1) is 16.1. The van der Waals surface area contributed by atoms with Gasteiger partial charge in [0.2, 0.25) is 10.0 Å². The van der Waals surface area contributed by atoms with E-state index in [-0.39, 0.29) is 18.2 Å². The van der Waals surface area contributed by atoms with Gasteiger partial charge in [-0.2, -0.15) is 0 Å². The summed E-state index contributed by atoms with van der Waals surface area (Å²) < 4.78 is 36.2. The van der Waals surface area contributed by atoms with Crippen molar-refractivity contribution in [1.82, 2.24) is 4.72 Å². The van der Waals surface area contributed by atoms with E-state index in [1.807, 2.05) is 37.3 Å². The summed E-state index contributed by atoms with van der Waals surface area (Å²) in [5.74, 6) is -0.0285. The number of hydrogen-bond donors (Lipinski definition) is 1. The van der Waals surface area contributed by atoms with Crippen molar-refractivity contribution in [2.24, 2.45) is 0 Å². The second-order valence-electron chi connectivity index (χ2n) is 4.34. The summed E-state index contributed by atoms with van der Waals surface area (Å²) >= 11 is 0. The van der Waals surface area contributed by atoms with Gasteiger partial charge >= 0.3 is 0 Å². The highest BCUT2D eigenvalue weighted by Gasteiger charge is 2.18. The highest BCUT2D eigenvalue weighted by atomic mass is 32.2. The predicted molar refractivity (Wildman–Crippen MR) is 74.5 cm³/mol. The molecule has 0 saturated carbocycles. The molecule has 19 heavy (non-hydrogen) atoms. The minimum absolute atomic E-state index is 0.0389. The molecule has 0 saturated heterocycles. The van der Waals surface area contributed by atoms with Gasteiger partial charge in [-0.1, -0.05) is 37.3 Å². The van der Waals surface area contributed by atoms with Crippen LogP contribution in [0.15, 0.2) is 30.3 Å². The SMILES string of the molecule is COC(CNS(=O)(=O)CC(C)c1ccccc1)OC. The largest absolute Gasteiger partial charge is 0.355 e. The van der Waals surface area contributed by atoms with Crippen molar-refractivity contribution in [1.29, 1.82) is 0 Å². The second kappa shape index (κ2) is 7.59. The molecule has 0 aromatic heterocycles. The summed E-state index contributed by atoms with van der Waals surface area (Å²) in [5.41, 5.74) is 1.00. The number of rotatable bonds is 8. The van der Waals surface area contributed by atoms with E-state index in [0.29, 0.717) is 0 Å². The molecule has 0 aliphatic heterocycles. The Kier molecular flexibility index (Phi) is 6.44. The molecular formula is C13H21NO4S. The summed E-state index contributed by atoms with van der Waals surface area (Å²) in [6.45, 7) is 2.00. The summed E-state index contributed by atoms with van der Waals surface area (Å²) in [6.07, 6.45) is -0.568. The van der Waals surface area contributed by atoms with E-state index in [1.54, 1.807) is 0 Å². The molecule has 1 aromatic rings. The fourth-order valence-corrected chi connectivity index (χ4v) is 3.08. The molecule has 0 bridgehead atoms. The minimum Gasteiger partial charge on any atom is -0.355 e. The number of nitrogens with one attached hydrogen (secondary N) is 1. The lowest BCUT2D eigenvalue weighted by atomic mass is 10.0. The molecule has 1 aromatic carbocycles. The van der Waals surface area contributed by atoms with E-state index in [2.05, 4.69) is 4.72 Å². The maximum atomic E-state index is 11.9. The van der Waals surface area contributed by atoms with Crippen molar-refractivity contribution >= 4 is 10.0 Å². The van der Waals surface area contributed by atoms with Crippen LogP contribution in [-0.4, -0.2) is 41.2 Å². The molecule has 0 fully saturated rings. The summed E-state index contributed by atoms with van der Waals surface area (Å²) in [6, 6.07) is 9.56. The molecule has 1 N–H and O–H groups in total. The lowest BCUT2D eigenvalue weighted by molar-refractivity contribution is -0.0960. The van der Waals surface area contributed by atoms with Gasteiger partial charge in [-0.05, 0) is 11.5 Å². The van der Waals surface area contributed by atoms with Gasteiger partial charge in [-0.15, -0.1) is 0 Å². The van der Waals surface area contributed by atoms with Crippen LogP contribution < -0.4 is 4.72 Å². The number of ether oxygens (including phenoxy) is 2. The van der Waals surface area contributed by atoms with Crippen LogP contribution in [0.5, 0.6) is 0 Å². The van der Waals surface area contributed by atoms with Crippen molar-refractivity contribution in [3.05, 3.63) is 35.9 Å². The van der Waals surface area contributed by atoms with Crippen LogP contribution >= 0.6 is 0 Å². The van der Waals surface area contributed by atoms with Gasteiger partial charge in [-0.3, -0.25) is 0 Å². The van der Waals surface area contributed by atoms with Crippen LogP contribution in [0, 0.1) is 0 Å². The van der Waals surface area contributed by atoms with Gasteiger partial charge in [-0.25, -0.2) is 13.1 Å². The normalized spacial score (nSPS) is 13.7. The Morgan fingerprint density at radius 2 is 1.74 bits per heavy atom. The fourth-order valence-electron chi connectivity index (χ4n) is 1.72. The molecule has 0 aliphatic carbocycles. The first-order chi connectivity index (χ1) is 8.98. The summed E-state index contributed by atoms with van der Waals surface area (Å²) in [4.78, 5) is 0. The zero-order chi connectivity index (χ0) is 14.3. The van der Waals surface area contributed by atoms with Crippen molar-refractivity contribution < 1.29 is 17.9 Å². The monoisotopic (exact) mass is 287 g/mol. The van der Waals surface area contributed by atoms with Crippen molar-refractivity contribution in [2.75, 3.05) is 26.5 Å². The molecule has 0 heterocycles. The van der Waals surface area contributed by atoms with Crippen LogP contribution in [0.2, 0.25) is 0 Å². The molecule has 0 radical (unpaired) electrons. The number of methoxy groups -OCH3 is 2. The third-order valence-corrected chi connectivity index (χ3v) is 4.38. The van der Waals surface area contributed by atoms with Gasteiger partial charge in [0.25, 0.3) is 0 Å². The molecular weight excluding hydrogens is 266 g/mol.